The Hall–Kier alpha value is -2.77. The molecule has 0 saturated carbocycles. The van der Waals surface area contributed by atoms with Crippen LogP contribution in [0.4, 0.5) is 5.82 Å². The molecule has 124 valence electrons. The van der Waals surface area contributed by atoms with E-state index >= 15 is 0 Å². The molecule has 0 bridgehead atoms. The smallest absolute Gasteiger partial charge is 0.265 e. The lowest BCUT2D eigenvalue weighted by atomic mass is 10.1. The van der Waals surface area contributed by atoms with Crippen LogP contribution in [0.1, 0.15) is 35.6 Å². The van der Waals surface area contributed by atoms with Crippen LogP contribution in [0.2, 0.25) is 0 Å². The predicted octanol–water partition coefficient (Wildman–Crippen LogP) is 1.07. The first-order valence-corrected chi connectivity index (χ1v) is 7.84. The molecule has 0 unspecified atom stereocenters. The Kier molecular flexibility index (Phi) is 3.00. The van der Waals surface area contributed by atoms with Crippen molar-refractivity contribution in [2.24, 2.45) is 4.99 Å². The fraction of sp³-hybridized carbons (Fsp3) is 0.438. The zero-order valence-corrected chi connectivity index (χ0v) is 14.2. The lowest BCUT2D eigenvalue weighted by molar-refractivity contribution is 0.0865. The molecule has 0 saturated heterocycles. The Bertz CT molecular complexity index is 850. The van der Waals surface area contributed by atoms with E-state index in [0.29, 0.717) is 30.4 Å². The predicted molar refractivity (Wildman–Crippen MR) is 89.1 cm³/mol. The van der Waals surface area contributed by atoms with Crippen molar-refractivity contribution in [3.63, 3.8) is 0 Å². The number of hydrogen-bond acceptors (Lipinski definition) is 6. The number of anilines is 1. The van der Waals surface area contributed by atoms with Gasteiger partial charge in [-0.15, -0.1) is 0 Å². The Balaban J connectivity index is 1.70. The molecular formula is C16H19N7O. The van der Waals surface area contributed by atoms with E-state index < -0.39 is 0 Å². The highest BCUT2D eigenvalue weighted by atomic mass is 16.2. The number of hydrogen-bond donors (Lipinski definition) is 0. The Morgan fingerprint density at radius 1 is 1.25 bits per heavy atom. The maximum absolute atomic E-state index is 12.6. The van der Waals surface area contributed by atoms with Gasteiger partial charge in [-0.1, -0.05) is 0 Å². The number of carbonyl (C=O) groups is 1. The standard InChI is InChI=1S/C16H19N7O/c1-10-17-5-11(6-18-10)7-22-8-12-13(20-22)23-9-16(2,3)19-15(23)21(4)14(12)24/h5-6,8H,7,9H2,1-4H3. The second kappa shape index (κ2) is 4.86. The van der Waals surface area contributed by atoms with Gasteiger partial charge < -0.3 is 0 Å². The summed E-state index contributed by atoms with van der Waals surface area (Å²) in [5.74, 6) is 2.00. The van der Waals surface area contributed by atoms with Crippen LogP contribution < -0.4 is 4.90 Å². The summed E-state index contributed by atoms with van der Waals surface area (Å²) in [5, 5.41) is 4.62. The minimum Gasteiger partial charge on any atom is -0.292 e. The van der Waals surface area contributed by atoms with Gasteiger partial charge in [0.1, 0.15) is 11.4 Å². The first-order chi connectivity index (χ1) is 11.3. The molecule has 2 aromatic heterocycles. The summed E-state index contributed by atoms with van der Waals surface area (Å²) in [4.78, 5) is 29.3. The fourth-order valence-corrected chi connectivity index (χ4v) is 3.05. The number of aromatic nitrogens is 4. The molecule has 4 rings (SSSR count). The summed E-state index contributed by atoms with van der Waals surface area (Å²) in [6, 6.07) is 0. The molecule has 2 aliphatic heterocycles. The van der Waals surface area contributed by atoms with Gasteiger partial charge in [0, 0.05) is 31.2 Å². The van der Waals surface area contributed by atoms with Crippen LogP contribution in [-0.2, 0) is 6.54 Å². The van der Waals surface area contributed by atoms with E-state index in [-0.39, 0.29) is 11.4 Å². The van der Waals surface area contributed by atoms with E-state index in [0.717, 1.165) is 11.4 Å². The van der Waals surface area contributed by atoms with Crippen LogP contribution in [0.5, 0.6) is 0 Å². The number of rotatable bonds is 2. The number of aryl methyl sites for hydroxylation is 1. The number of aliphatic imine (C=N–C) groups is 1. The molecule has 0 fully saturated rings. The number of guanidine groups is 1. The highest BCUT2D eigenvalue weighted by Gasteiger charge is 2.43. The van der Waals surface area contributed by atoms with Crippen LogP contribution >= 0.6 is 0 Å². The van der Waals surface area contributed by atoms with E-state index in [2.05, 4.69) is 33.9 Å². The molecule has 0 N–H and O–H groups in total. The van der Waals surface area contributed by atoms with Crippen LogP contribution in [0.25, 0.3) is 0 Å². The highest BCUT2D eigenvalue weighted by Crippen LogP contribution is 2.33. The molecule has 0 aromatic carbocycles. The van der Waals surface area contributed by atoms with Gasteiger partial charge in [-0.3, -0.25) is 19.3 Å². The van der Waals surface area contributed by atoms with Gasteiger partial charge in [-0.05, 0) is 20.8 Å². The molecule has 0 spiro atoms. The van der Waals surface area contributed by atoms with Gasteiger partial charge in [0.2, 0.25) is 5.96 Å². The van der Waals surface area contributed by atoms with E-state index in [1.54, 1.807) is 35.2 Å². The first kappa shape index (κ1) is 14.8. The molecule has 2 aromatic rings. The number of fused-ring (bicyclic) bond motifs is 3. The maximum atomic E-state index is 12.6. The molecule has 2 aliphatic rings. The summed E-state index contributed by atoms with van der Waals surface area (Å²) < 4.78 is 1.76. The van der Waals surface area contributed by atoms with Gasteiger partial charge in [-0.2, -0.15) is 5.10 Å². The van der Waals surface area contributed by atoms with Crippen molar-refractivity contribution in [1.29, 1.82) is 0 Å². The second-order valence-corrected chi connectivity index (χ2v) is 6.88. The summed E-state index contributed by atoms with van der Waals surface area (Å²) in [6.07, 6.45) is 5.35. The minimum absolute atomic E-state index is 0.0795. The van der Waals surface area contributed by atoms with Gasteiger partial charge in [-0.25, -0.2) is 15.0 Å². The van der Waals surface area contributed by atoms with Crippen molar-refractivity contribution >= 4 is 17.7 Å². The van der Waals surface area contributed by atoms with E-state index in [1.807, 2.05) is 11.8 Å². The molecule has 8 nitrogen and oxygen atoms in total. The molecule has 8 heteroatoms. The zero-order chi connectivity index (χ0) is 17.1. The summed E-state index contributed by atoms with van der Waals surface area (Å²) in [7, 11) is 1.75. The quantitative estimate of drug-likeness (QED) is 0.825. The third kappa shape index (κ3) is 2.26. The Morgan fingerprint density at radius 3 is 2.67 bits per heavy atom. The van der Waals surface area contributed by atoms with Gasteiger partial charge >= 0.3 is 0 Å². The number of carbonyl (C=O) groups excluding carboxylic acids is 1. The van der Waals surface area contributed by atoms with Crippen LogP contribution in [-0.4, -0.2) is 55.6 Å². The summed E-state index contributed by atoms with van der Waals surface area (Å²) in [5.41, 5.74) is 1.30. The molecule has 0 atom stereocenters. The van der Waals surface area contributed by atoms with Crippen molar-refractivity contribution in [3.05, 3.63) is 35.5 Å². The molecule has 0 aliphatic carbocycles. The molecule has 0 radical (unpaired) electrons. The highest BCUT2D eigenvalue weighted by molar-refractivity contribution is 6.18. The van der Waals surface area contributed by atoms with Crippen molar-refractivity contribution in [3.8, 4) is 0 Å². The van der Waals surface area contributed by atoms with Crippen molar-refractivity contribution in [1.82, 2.24) is 24.6 Å². The summed E-state index contributed by atoms with van der Waals surface area (Å²) >= 11 is 0. The minimum atomic E-state index is -0.236. The molecular weight excluding hydrogens is 306 g/mol. The lowest BCUT2D eigenvalue weighted by Gasteiger charge is -2.30. The van der Waals surface area contributed by atoms with Gasteiger partial charge in [0.25, 0.3) is 5.91 Å². The normalized spacial score (nSPS) is 18.5. The van der Waals surface area contributed by atoms with E-state index in [9.17, 15) is 4.79 Å². The van der Waals surface area contributed by atoms with Crippen molar-refractivity contribution < 1.29 is 4.79 Å². The van der Waals surface area contributed by atoms with Crippen LogP contribution in [0, 0.1) is 6.92 Å². The first-order valence-electron chi connectivity index (χ1n) is 7.84. The average Bonchev–Trinajstić information content (AvgIpc) is 3.08. The third-order valence-corrected chi connectivity index (χ3v) is 4.20. The van der Waals surface area contributed by atoms with Crippen LogP contribution in [0.3, 0.4) is 0 Å². The third-order valence-electron chi connectivity index (χ3n) is 4.20. The van der Waals surface area contributed by atoms with E-state index in [1.165, 1.54) is 0 Å². The molecule has 1 amide bonds. The van der Waals surface area contributed by atoms with E-state index in [4.69, 9.17) is 0 Å². The number of amides is 1. The monoisotopic (exact) mass is 325 g/mol. The summed E-state index contributed by atoms with van der Waals surface area (Å²) in [6.45, 7) is 7.18. The average molecular weight is 325 g/mol. The topological polar surface area (TPSA) is 79.5 Å². The largest absolute Gasteiger partial charge is 0.292 e. The van der Waals surface area contributed by atoms with Gasteiger partial charge in [0.05, 0.1) is 18.6 Å². The van der Waals surface area contributed by atoms with Crippen LogP contribution in [0.15, 0.2) is 23.6 Å². The molecule has 24 heavy (non-hydrogen) atoms. The fourth-order valence-electron chi connectivity index (χ4n) is 3.05. The zero-order valence-electron chi connectivity index (χ0n) is 14.2. The Morgan fingerprint density at radius 2 is 1.96 bits per heavy atom. The van der Waals surface area contributed by atoms with Crippen molar-refractivity contribution in [2.45, 2.75) is 32.9 Å². The van der Waals surface area contributed by atoms with Crippen molar-refractivity contribution in [2.75, 3.05) is 18.5 Å². The maximum Gasteiger partial charge on any atom is 0.265 e. The lowest BCUT2D eigenvalue weighted by Crippen LogP contribution is -2.48. The Labute approximate surface area is 139 Å². The SMILES string of the molecule is Cc1ncc(Cn2cc3c(n2)N2CC(C)(C)N=C2N(C)C3=O)cn1. The second-order valence-electron chi connectivity index (χ2n) is 6.88. The van der Waals surface area contributed by atoms with Gasteiger partial charge in [0.15, 0.2) is 5.82 Å². The number of nitrogens with zero attached hydrogens (tertiary/aromatic N) is 7. The molecule has 4 heterocycles.